The van der Waals surface area contributed by atoms with Crippen LogP contribution in [0.5, 0.6) is 0 Å². The van der Waals surface area contributed by atoms with Gasteiger partial charge < -0.3 is 14.2 Å². The number of hydrogen-bond donors (Lipinski definition) is 0. The van der Waals surface area contributed by atoms with Gasteiger partial charge in [-0.1, -0.05) is 300 Å². The van der Waals surface area contributed by atoms with Crippen LogP contribution in [-0.2, 0) is 28.6 Å². The Morgan fingerprint density at radius 2 is 0.520 bits per heavy atom. The molecule has 6 nitrogen and oxygen atoms in total. The molecule has 0 fully saturated rings. The molecule has 0 aliphatic heterocycles. The second-order valence-electron chi connectivity index (χ2n) is 22.0. The molecule has 0 aromatic carbocycles. The summed E-state index contributed by atoms with van der Waals surface area (Å²) in [5.74, 6) is -0.913. The van der Waals surface area contributed by atoms with Gasteiger partial charge in [0, 0.05) is 19.3 Å². The number of hydrogen-bond acceptors (Lipinski definition) is 6. The standard InChI is InChI=1S/C69H124O6/c1-4-7-10-13-16-19-22-24-26-27-28-29-30-31-32-33-34-35-36-37-38-39-40-41-43-44-47-50-53-56-59-62-68(71)74-65-66(64-73-67(70)61-58-55-52-49-46-21-18-15-12-9-6-3)75-69(72)63-60-57-54-51-48-45-42-25-23-20-17-14-11-8-5-2/h8,11,17,20,25,27-28,42,48,51,66H,4-7,9-10,12-16,18-19,21-24,26,29-41,43-47,49-50,52-65H2,1-3H3/b11-8-,20-17-,28-27-,42-25-,51-48-. The molecule has 1 unspecified atom stereocenters. The maximum absolute atomic E-state index is 12.8. The quantitative estimate of drug-likeness (QED) is 0.0261. The van der Waals surface area contributed by atoms with E-state index < -0.39 is 6.10 Å². The van der Waals surface area contributed by atoms with Crippen molar-refractivity contribution in [2.45, 2.75) is 348 Å². The van der Waals surface area contributed by atoms with Crippen LogP contribution in [0.1, 0.15) is 342 Å². The Morgan fingerprint density at radius 3 is 0.853 bits per heavy atom. The highest BCUT2D eigenvalue weighted by atomic mass is 16.6. The predicted molar refractivity (Wildman–Crippen MR) is 325 cm³/mol. The van der Waals surface area contributed by atoms with Crippen LogP contribution in [0.25, 0.3) is 0 Å². The fourth-order valence-electron chi connectivity index (χ4n) is 9.61. The Bertz CT molecular complexity index is 1340. The number of rotatable bonds is 60. The molecule has 75 heavy (non-hydrogen) atoms. The highest BCUT2D eigenvalue weighted by Crippen LogP contribution is 2.17. The van der Waals surface area contributed by atoms with Gasteiger partial charge in [0.2, 0.25) is 0 Å². The highest BCUT2D eigenvalue weighted by Gasteiger charge is 2.19. The fraction of sp³-hybridized carbons (Fsp3) is 0.812. The molecule has 0 saturated heterocycles. The van der Waals surface area contributed by atoms with E-state index in [-0.39, 0.29) is 37.5 Å². The molecule has 0 rings (SSSR count). The second kappa shape index (κ2) is 63.6. The van der Waals surface area contributed by atoms with Crippen molar-refractivity contribution in [3.63, 3.8) is 0 Å². The molecule has 0 spiro atoms. The van der Waals surface area contributed by atoms with E-state index in [9.17, 15) is 14.4 Å². The topological polar surface area (TPSA) is 78.9 Å². The van der Waals surface area contributed by atoms with E-state index in [1.807, 2.05) is 0 Å². The minimum Gasteiger partial charge on any atom is -0.462 e. The van der Waals surface area contributed by atoms with Crippen LogP contribution in [-0.4, -0.2) is 37.2 Å². The second-order valence-corrected chi connectivity index (χ2v) is 22.0. The molecule has 0 aliphatic carbocycles. The molecule has 0 bridgehead atoms. The van der Waals surface area contributed by atoms with Crippen molar-refractivity contribution in [1.82, 2.24) is 0 Å². The average molecular weight is 1050 g/mol. The van der Waals surface area contributed by atoms with Crippen LogP contribution in [0.3, 0.4) is 0 Å². The average Bonchev–Trinajstić information content (AvgIpc) is 3.41. The lowest BCUT2D eigenvalue weighted by molar-refractivity contribution is -0.167. The maximum atomic E-state index is 12.8. The van der Waals surface area contributed by atoms with Crippen molar-refractivity contribution in [3.05, 3.63) is 60.8 Å². The van der Waals surface area contributed by atoms with Crippen molar-refractivity contribution in [1.29, 1.82) is 0 Å². The molecular formula is C69H124O6. The van der Waals surface area contributed by atoms with Crippen molar-refractivity contribution < 1.29 is 28.6 Å². The summed E-state index contributed by atoms with van der Waals surface area (Å²) in [4.78, 5) is 38.2. The van der Waals surface area contributed by atoms with Gasteiger partial charge in [-0.15, -0.1) is 0 Å². The van der Waals surface area contributed by atoms with Gasteiger partial charge in [0.25, 0.3) is 0 Å². The molecule has 0 N–H and O–H groups in total. The smallest absolute Gasteiger partial charge is 0.306 e. The minimum absolute atomic E-state index is 0.0870. The Balaban J connectivity index is 4.12. The molecule has 436 valence electrons. The van der Waals surface area contributed by atoms with E-state index >= 15 is 0 Å². The minimum atomic E-state index is -0.793. The SMILES string of the molecule is CC/C=C\C/C=C\C/C=C\C/C=C\CCCCC(=O)OC(COC(=O)CCCCCCCCCCCCC)COC(=O)CCCCCCCCCCCCCCCCCCCCC/C=C\CCCCCCCCCC. The summed E-state index contributed by atoms with van der Waals surface area (Å²) in [5.41, 5.74) is 0. The summed E-state index contributed by atoms with van der Waals surface area (Å²) in [6, 6.07) is 0. The van der Waals surface area contributed by atoms with Crippen LogP contribution >= 0.6 is 0 Å². The Hall–Kier alpha value is -2.89. The summed E-state index contributed by atoms with van der Waals surface area (Å²) >= 11 is 0. The third kappa shape index (κ3) is 61.8. The largest absolute Gasteiger partial charge is 0.462 e. The van der Waals surface area contributed by atoms with Gasteiger partial charge in [-0.3, -0.25) is 14.4 Å². The van der Waals surface area contributed by atoms with Crippen LogP contribution in [0, 0.1) is 0 Å². The third-order valence-electron chi connectivity index (χ3n) is 14.5. The molecule has 1 atom stereocenters. The van der Waals surface area contributed by atoms with E-state index in [0.29, 0.717) is 19.3 Å². The molecule has 0 amide bonds. The van der Waals surface area contributed by atoms with Crippen molar-refractivity contribution in [2.75, 3.05) is 13.2 Å². The van der Waals surface area contributed by atoms with Gasteiger partial charge in [0.15, 0.2) is 6.10 Å². The number of esters is 3. The molecule has 0 aliphatic rings. The molecule has 0 aromatic heterocycles. The summed E-state index contributed by atoms with van der Waals surface area (Å²) in [5, 5.41) is 0. The zero-order valence-corrected chi connectivity index (χ0v) is 50.1. The van der Waals surface area contributed by atoms with Gasteiger partial charge >= 0.3 is 17.9 Å². The van der Waals surface area contributed by atoms with Gasteiger partial charge in [0.05, 0.1) is 0 Å². The number of ether oxygens (including phenoxy) is 3. The molecule has 0 saturated carbocycles. The fourth-order valence-corrected chi connectivity index (χ4v) is 9.61. The lowest BCUT2D eigenvalue weighted by Gasteiger charge is -2.18. The lowest BCUT2D eigenvalue weighted by Crippen LogP contribution is -2.30. The summed E-state index contributed by atoms with van der Waals surface area (Å²) in [6.07, 6.45) is 81.2. The molecule has 0 radical (unpaired) electrons. The first kappa shape index (κ1) is 72.1. The Kier molecular flexibility index (Phi) is 61.2. The van der Waals surface area contributed by atoms with E-state index in [2.05, 4.69) is 81.5 Å². The Labute approximate surface area is 466 Å². The zero-order chi connectivity index (χ0) is 54.3. The third-order valence-corrected chi connectivity index (χ3v) is 14.5. The van der Waals surface area contributed by atoms with Crippen LogP contribution < -0.4 is 0 Å². The van der Waals surface area contributed by atoms with Gasteiger partial charge in [-0.25, -0.2) is 0 Å². The van der Waals surface area contributed by atoms with E-state index in [1.165, 1.54) is 218 Å². The van der Waals surface area contributed by atoms with Gasteiger partial charge in [0.1, 0.15) is 13.2 Å². The zero-order valence-electron chi connectivity index (χ0n) is 50.1. The number of allylic oxidation sites excluding steroid dienone is 10. The van der Waals surface area contributed by atoms with Crippen LogP contribution in [0.15, 0.2) is 60.8 Å². The summed E-state index contributed by atoms with van der Waals surface area (Å²) < 4.78 is 16.9. The normalized spacial score (nSPS) is 12.4. The summed E-state index contributed by atoms with van der Waals surface area (Å²) in [6.45, 7) is 6.52. The summed E-state index contributed by atoms with van der Waals surface area (Å²) in [7, 11) is 0. The highest BCUT2D eigenvalue weighted by molar-refractivity contribution is 5.71. The lowest BCUT2D eigenvalue weighted by atomic mass is 10.0. The molecule has 0 heterocycles. The first-order chi connectivity index (χ1) is 37.0. The number of unbranched alkanes of at least 4 members (excludes halogenated alkanes) is 39. The van der Waals surface area contributed by atoms with Gasteiger partial charge in [-0.05, 0) is 83.5 Å². The Morgan fingerprint density at radius 1 is 0.280 bits per heavy atom. The van der Waals surface area contributed by atoms with Crippen LogP contribution in [0.4, 0.5) is 0 Å². The first-order valence-electron chi connectivity index (χ1n) is 32.8. The van der Waals surface area contributed by atoms with E-state index in [4.69, 9.17) is 14.2 Å². The van der Waals surface area contributed by atoms with E-state index in [1.54, 1.807) is 0 Å². The van der Waals surface area contributed by atoms with Gasteiger partial charge in [-0.2, -0.15) is 0 Å². The van der Waals surface area contributed by atoms with Crippen molar-refractivity contribution in [2.24, 2.45) is 0 Å². The monoisotopic (exact) mass is 1050 g/mol. The number of carbonyl (C=O) groups is 3. The molecule has 0 aromatic rings. The molecular weight excluding hydrogens is 925 g/mol. The van der Waals surface area contributed by atoms with Crippen molar-refractivity contribution in [3.8, 4) is 0 Å². The predicted octanol–water partition coefficient (Wildman–Crippen LogP) is 22.3. The number of carbonyl (C=O) groups excluding carboxylic acids is 3. The first-order valence-corrected chi connectivity index (χ1v) is 32.8. The van der Waals surface area contributed by atoms with E-state index in [0.717, 1.165) is 77.0 Å². The molecule has 6 heteroatoms. The maximum Gasteiger partial charge on any atom is 0.306 e. The van der Waals surface area contributed by atoms with Crippen molar-refractivity contribution >= 4 is 17.9 Å². The van der Waals surface area contributed by atoms with Crippen LogP contribution in [0.2, 0.25) is 0 Å².